The fourth-order valence-electron chi connectivity index (χ4n) is 5.19. The van der Waals surface area contributed by atoms with Gasteiger partial charge in [-0.05, 0) is 87.6 Å². The van der Waals surface area contributed by atoms with Crippen molar-refractivity contribution in [3.8, 4) is 11.5 Å². The summed E-state index contributed by atoms with van der Waals surface area (Å²) < 4.78 is 13.6. The molecular weight excluding hydrogens is 546 g/mol. The number of aromatic nitrogens is 1. The predicted molar refractivity (Wildman–Crippen MR) is 168 cm³/mol. The molecule has 0 radical (unpaired) electrons. The zero-order valence-corrected chi connectivity index (χ0v) is 24.9. The molecular formula is C33H35N5O5. The third-order valence-corrected chi connectivity index (χ3v) is 7.53. The molecule has 4 aromatic rings. The molecule has 0 spiro atoms. The second-order valence-electron chi connectivity index (χ2n) is 10.3. The van der Waals surface area contributed by atoms with E-state index in [9.17, 15) is 14.4 Å². The highest BCUT2D eigenvalue weighted by Crippen LogP contribution is 2.36. The van der Waals surface area contributed by atoms with E-state index >= 15 is 0 Å². The second kappa shape index (κ2) is 12.4. The smallest absolute Gasteiger partial charge is 0.323 e. The lowest BCUT2D eigenvalue weighted by Gasteiger charge is -2.17. The number of hydrogen-bond donors (Lipinski definition) is 3. The van der Waals surface area contributed by atoms with Gasteiger partial charge >= 0.3 is 6.03 Å². The lowest BCUT2D eigenvalue weighted by Crippen LogP contribution is -2.32. The minimum absolute atomic E-state index is 0.101. The first-order chi connectivity index (χ1) is 20.7. The number of benzene rings is 3. The number of fused-ring (bicyclic) bond motifs is 2. The number of aryl methyl sites for hydroxylation is 1. The SMILES string of the molecule is CCn1c(C)c(/C=C2\Oc3ccc(NC(=O)Nc4ccc(C(=O)N(C)CCNC)cc4)cc3C2=O)c2cc(OC)ccc21. The van der Waals surface area contributed by atoms with E-state index in [0.29, 0.717) is 41.3 Å². The minimum atomic E-state index is -0.482. The molecule has 10 heteroatoms. The Kier molecular flexibility index (Phi) is 8.49. The van der Waals surface area contributed by atoms with Gasteiger partial charge in [-0.15, -0.1) is 0 Å². The third kappa shape index (κ3) is 5.96. The number of nitrogens with zero attached hydrogens (tertiary/aromatic N) is 2. The summed E-state index contributed by atoms with van der Waals surface area (Å²) >= 11 is 0. The van der Waals surface area contributed by atoms with Gasteiger partial charge in [-0.25, -0.2) is 4.79 Å². The maximum absolute atomic E-state index is 13.4. The average molecular weight is 582 g/mol. The van der Waals surface area contributed by atoms with Crippen LogP contribution in [0.25, 0.3) is 17.0 Å². The van der Waals surface area contributed by atoms with Gasteiger partial charge in [0.15, 0.2) is 5.76 Å². The fourth-order valence-corrected chi connectivity index (χ4v) is 5.19. The Morgan fingerprint density at radius 3 is 2.44 bits per heavy atom. The average Bonchev–Trinajstić information content (AvgIpc) is 3.47. The summed E-state index contributed by atoms with van der Waals surface area (Å²) in [6.45, 7) is 6.15. The van der Waals surface area contributed by atoms with Gasteiger partial charge in [-0.3, -0.25) is 9.59 Å². The topological polar surface area (TPSA) is 114 Å². The molecule has 2 heterocycles. The number of amides is 3. The zero-order valence-electron chi connectivity index (χ0n) is 24.9. The molecule has 0 atom stereocenters. The maximum atomic E-state index is 13.4. The number of rotatable bonds is 9. The highest BCUT2D eigenvalue weighted by molar-refractivity contribution is 6.16. The number of ether oxygens (including phenoxy) is 2. The van der Waals surface area contributed by atoms with Crippen molar-refractivity contribution >= 4 is 46.1 Å². The van der Waals surface area contributed by atoms with Gasteiger partial charge in [-0.1, -0.05) is 0 Å². The van der Waals surface area contributed by atoms with Crippen molar-refractivity contribution < 1.29 is 23.9 Å². The molecule has 0 bridgehead atoms. The number of nitrogens with one attached hydrogen (secondary N) is 3. The minimum Gasteiger partial charge on any atom is -0.497 e. The quantitative estimate of drug-likeness (QED) is 0.224. The molecule has 222 valence electrons. The van der Waals surface area contributed by atoms with Gasteiger partial charge in [0.25, 0.3) is 5.91 Å². The van der Waals surface area contributed by atoms with E-state index in [1.54, 1.807) is 67.6 Å². The Morgan fingerprint density at radius 1 is 1.02 bits per heavy atom. The molecule has 1 aromatic heterocycles. The number of allylic oxidation sites excluding steroid dienone is 1. The number of anilines is 2. The molecule has 3 N–H and O–H groups in total. The van der Waals surface area contributed by atoms with E-state index in [1.807, 2.05) is 32.2 Å². The molecule has 43 heavy (non-hydrogen) atoms. The van der Waals surface area contributed by atoms with Crippen molar-refractivity contribution in [3.05, 3.63) is 88.8 Å². The highest BCUT2D eigenvalue weighted by Gasteiger charge is 2.29. The number of carbonyl (C=O) groups is 3. The largest absolute Gasteiger partial charge is 0.497 e. The van der Waals surface area contributed by atoms with Crippen LogP contribution in [0.5, 0.6) is 11.5 Å². The van der Waals surface area contributed by atoms with Crippen LogP contribution in [-0.4, -0.2) is 61.5 Å². The number of hydrogen-bond acceptors (Lipinski definition) is 6. The molecule has 3 aromatic carbocycles. The lowest BCUT2D eigenvalue weighted by molar-refractivity contribution is 0.0796. The van der Waals surface area contributed by atoms with Crippen LogP contribution in [0.3, 0.4) is 0 Å². The summed E-state index contributed by atoms with van der Waals surface area (Å²) in [5.74, 6) is 1.00. The fraction of sp³-hybridized carbons (Fsp3) is 0.242. The first kappa shape index (κ1) is 29.4. The van der Waals surface area contributed by atoms with E-state index in [0.717, 1.165) is 34.5 Å². The van der Waals surface area contributed by atoms with Gasteiger partial charge < -0.3 is 34.9 Å². The molecule has 0 saturated heterocycles. The number of likely N-dealkylation sites (N-methyl/N-ethyl adjacent to an activating group) is 2. The van der Waals surface area contributed by atoms with E-state index < -0.39 is 6.03 Å². The van der Waals surface area contributed by atoms with E-state index in [1.165, 1.54) is 0 Å². The van der Waals surface area contributed by atoms with Crippen molar-refractivity contribution in [2.24, 2.45) is 0 Å². The van der Waals surface area contributed by atoms with Crippen LogP contribution in [0.1, 0.15) is 38.9 Å². The van der Waals surface area contributed by atoms with Gasteiger partial charge in [0, 0.05) is 65.8 Å². The molecule has 3 amide bonds. The zero-order chi connectivity index (χ0) is 30.7. The van der Waals surface area contributed by atoms with Crippen LogP contribution in [0.2, 0.25) is 0 Å². The standard InChI is InChI=1S/C33H35N5O5/c1-6-38-20(2)25(26-18-24(42-5)12-13-28(26)38)19-30-31(39)27-17-23(11-14-29(27)43-30)36-33(41)35-22-9-7-21(8-10-22)32(40)37(4)16-15-34-3/h7-14,17-19,34H,6,15-16H2,1-5H3,(H2,35,36,41)/b30-19-. The van der Waals surface area contributed by atoms with Crippen LogP contribution >= 0.6 is 0 Å². The van der Waals surface area contributed by atoms with Gasteiger partial charge in [-0.2, -0.15) is 0 Å². The summed E-state index contributed by atoms with van der Waals surface area (Å²) in [6.07, 6.45) is 1.78. The van der Waals surface area contributed by atoms with Crippen LogP contribution in [0.4, 0.5) is 16.2 Å². The van der Waals surface area contributed by atoms with Crippen molar-refractivity contribution in [2.45, 2.75) is 20.4 Å². The number of Topliss-reactive ketones (excluding diaryl/α,β-unsaturated/α-hetero) is 1. The van der Waals surface area contributed by atoms with Crippen molar-refractivity contribution in [2.75, 3.05) is 44.9 Å². The molecule has 5 rings (SSSR count). The van der Waals surface area contributed by atoms with Crippen molar-refractivity contribution in [1.82, 2.24) is 14.8 Å². The summed E-state index contributed by atoms with van der Waals surface area (Å²) in [7, 11) is 5.20. The molecule has 0 fully saturated rings. The lowest BCUT2D eigenvalue weighted by atomic mass is 10.1. The van der Waals surface area contributed by atoms with Crippen molar-refractivity contribution in [1.29, 1.82) is 0 Å². The van der Waals surface area contributed by atoms with Gasteiger partial charge in [0.1, 0.15) is 11.5 Å². The number of urea groups is 1. The normalized spacial score (nSPS) is 13.1. The number of ketones is 1. The highest BCUT2D eigenvalue weighted by atomic mass is 16.5. The van der Waals surface area contributed by atoms with Crippen LogP contribution in [0, 0.1) is 6.92 Å². The summed E-state index contributed by atoms with van der Waals surface area (Å²) in [5.41, 5.74) is 4.81. The Bertz CT molecular complexity index is 1740. The van der Waals surface area contributed by atoms with Crippen LogP contribution in [0.15, 0.2) is 66.4 Å². The Morgan fingerprint density at radius 2 is 1.74 bits per heavy atom. The Labute approximate surface area is 250 Å². The molecule has 10 nitrogen and oxygen atoms in total. The predicted octanol–water partition coefficient (Wildman–Crippen LogP) is 5.53. The summed E-state index contributed by atoms with van der Waals surface area (Å²) in [6, 6.07) is 17.0. The molecule has 1 aliphatic rings. The Hall–Kier alpha value is -5.09. The first-order valence-electron chi connectivity index (χ1n) is 14.1. The van der Waals surface area contributed by atoms with Gasteiger partial charge in [0.2, 0.25) is 5.78 Å². The number of methoxy groups -OCH3 is 1. The Balaban J connectivity index is 1.29. The van der Waals surface area contributed by atoms with Gasteiger partial charge in [0.05, 0.1) is 12.7 Å². The van der Waals surface area contributed by atoms with Crippen LogP contribution in [-0.2, 0) is 6.54 Å². The summed E-state index contributed by atoms with van der Waals surface area (Å²) in [5, 5.41) is 9.50. The van der Waals surface area contributed by atoms with E-state index in [2.05, 4.69) is 27.4 Å². The van der Waals surface area contributed by atoms with E-state index in [-0.39, 0.29) is 17.4 Å². The molecule has 0 aliphatic carbocycles. The third-order valence-electron chi connectivity index (χ3n) is 7.53. The number of carbonyl (C=O) groups excluding carboxylic acids is 3. The monoisotopic (exact) mass is 581 g/mol. The maximum Gasteiger partial charge on any atom is 0.323 e. The van der Waals surface area contributed by atoms with Crippen molar-refractivity contribution in [3.63, 3.8) is 0 Å². The molecule has 1 aliphatic heterocycles. The molecule has 0 unspecified atom stereocenters. The van der Waals surface area contributed by atoms with E-state index in [4.69, 9.17) is 9.47 Å². The first-order valence-corrected chi connectivity index (χ1v) is 14.1. The second-order valence-corrected chi connectivity index (χ2v) is 10.3. The summed E-state index contributed by atoms with van der Waals surface area (Å²) in [4.78, 5) is 40.3. The molecule has 0 saturated carbocycles. The van der Waals surface area contributed by atoms with Crippen LogP contribution < -0.4 is 25.4 Å².